The van der Waals surface area contributed by atoms with Crippen molar-refractivity contribution in [3.8, 4) is 0 Å². The van der Waals surface area contributed by atoms with Gasteiger partial charge in [-0.1, -0.05) is 37.6 Å². The van der Waals surface area contributed by atoms with Gasteiger partial charge in [0.2, 0.25) is 5.91 Å². The van der Waals surface area contributed by atoms with Crippen molar-refractivity contribution in [1.29, 1.82) is 0 Å². The van der Waals surface area contributed by atoms with Crippen LogP contribution in [0, 0.1) is 0 Å². The van der Waals surface area contributed by atoms with Crippen molar-refractivity contribution < 1.29 is 9.59 Å². The Kier molecular flexibility index (Phi) is 5.77. The van der Waals surface area contributed by atoms with Crippen LogP contribution in [0.5, 0.6) is 0 Å². The molecule has 5 heteroatoms. The molecule has 0 radical (unpaired) electrons. The molecule has 2 N–H and O–H groups in total. The van der Waals surface area contributed by atoms with E-state index < -0.39 is 0 Å². The Morgan fingerprint density at radius 3 is 2.43 bits per heavy atom. The normalized spacial score (nSPS) is 10.4. The van der Waals surface area contributed by atoms with Crippen LogP contribution in [-0.2, 0) is 4.79 Å². The van der Waals surface area contributed by atoms with Crippen LogP contribution in [0.1, 0.15) is 35.7 Å². The molecule has 0 aliphatic heterocycles. The standard InChI is InChI=1S/C18H19ClN2O2/c1-12(2)14-4-3-5-16(10-14)21-17(22)11-20-18(23)13-6-8-15(19)9-7-13/h3-10,12H,11H2,1-2H3,(H,20,23)(H,21,22). The van der Waals surface area contributed by atoms with E-state index >= 15 is 0 Å². The lowest BCUT2D eigenvalue weighted by molar-refractivity contribution is -0.115. The summed E-state index contributed by atoms with van der Waals surface area (Å²) in [6, 6.07) is 14.2. The van der Waals surface area contributed by atoms with Crippen LogP contribution in [0.2, 0.25) is 5.02 Å². The first-order valence-corrected chi connectivity index (χ1v) is 7.77. The van der Waals surface area contributed by atoms with Gasteiger partial charge in [0.25, 0.3) is 5.91 Å². The van der Waals surface area contributed by atoms with E-state index in [2.05, 4.69) is 24.5 Å². The monoisotopic (exact) mass is 330 g/mol. The number of hydrogen-bond acceptors (Lipinski definition) is 2. The SMILES string of the molecule is CC(C)c1cccc(NC(=O)CNC(=O)c2ccc(Cl)cc2)c1. The van der Waals surface area contributed by atoms with Gasteiger partial charge in [-0.15, -0.1) is 0 Å². The van der Waals surface area contributed by atoms with Gasteiger partial charge in [-0.05, 0) is 47.9 Å². The predicted octanol–water partition coefficient (Wildman–Crippen LogP) is 3.83. The maximum atomic E-state index is 11.9. The maximum absolute atomic E-state index is 11.9. The van der Waals surface area contributed by atoms with Gasteiger partial charge < -0.3 is 10.6 Å². The third kappa shape index (κ3) is 5.11. The van der Waals surface area contributed by atoms with E-state index in [-0.39, 0.29) is 18.4 Å². The average molecular weight is 331 g/mol. The Morgan fingerprint density at radius 2 is 1.78 bits per heavy atom. The molecule has 0 aromatic heterocycles. The molecule has 2 aromatic carbocycles. The first-order chi connectivity index (χ1) is 11.0. The molecule has 0 bridgehead atoms. The Morgan fingerprint density at radius 1 is 1.09 bits per heavy atom. The van der Waals surface area contributed by atoms with Crippen molar-refractivity contribution in [2.24, 2.45) is 0 Å². The number of benzene rings is 2. The van der Waals surface area contributed by atoms with Crippen LogP contribution in [0.25, 0.3) is 0 Å². The molecule has 4 nitrogen and oxygen atoms in total. The van der Waals surface area contributed by atoms with Gasteiger partial charge in [-0.2, -0.15) is 0 Å². The highest BCUT2D eigenvalue weighted by Crippen LogP contribution is 2.18. The first-order valence-electron chi connectivity index (χ1n) is 7.39. The van der Waals surface area contributed by atoms with Gasteiger partial charge >= 0.3 is 0 Å². The van der Waals surface area contributed by atoms with Crippen LogP contribution >= 0.6 is 11.6 Å². The number of carbonyl (C=O) groups excluding carboxylic acids is 2. The second kappa shape index (κ2) is 7.79. The van der Waals surface area contributed by atoms with Gasteiger partial charge in [0.05, 0.1) is 6.54 Å². The van der Waals surface area contributed by atoms with Crippen LogP contribution in [0.4, 0.5) is 5.69 Å². The zero-order chi connectivity index (χ0) is 16.8. The van der Waals surface area contributed by atoms with Gasteiger partial charge in [0.15, 0.2) is 0 Å². The Balaban J connectivity index is 1.89. The van der Waals surface area contributed by atoms with Crippen LogP contribution < -0.4 is 10.6 Å². The third-order valence-electron chi connectivity index (χ3n) is 3.35. The van der Waals surface area contributed by atoms with E-state index in [0.717, 1.165) is 11.3 Å². The third-order valence-corrected chi connectivity index (χ3v) is 3.60. The summed E-state index contributed by atoms with van der Waals surface area (Å²) in [6.07, 6.45) is 0. The molecule has 2 amide bonds. The van der Waals surface area contributed by atoms with E-state index in [1.165, 1.54) is 0 Å². The lowest BCUT2D eigenvalue weighted by Gasteiger charge is -2.10. The number of amides is 2. The lowest BCUT2D eigenvalue weighted by Crippen LogP contribution is -2.32. The average Bonchev–Trinajstić information content (AvgIpc) is 2.53. The molecular formula is C18H19ClN2O2. The fourth-order valence-electron chi connectivity index (χ4n) is 2.04. The number of anilines is 1. The van der Waals surface area contributed by atoms with Gasteiger partial charge in [-0.3, -0.25) is 9.59 Å². The van der Waals surface area contributed by atoms with E-state index in [1.54, 1.807) is 24.3 Å². The molecule has 0 saturated carbocycles. The zero-order valence-electron chi connectivity index (χ0n) is 13.1. The van der Waals surface area contributed by atoms with Crippen LogP contribution in [0.3, 0.4) is 0 Å². The highest BCUT2D eigenvalue weighted by atomic mass is 35.5. The Labute approximate surface area is 140 Å². The summed E-state index contributed by atoms with van der Waals surface area (Å²) in [7, 11) is 0. The molecule has 120 valence electrons. The smallest absolute Gasteiger partial charge is 0.251 e. The van der Waals surface area contributed by atoms with E-state index in [1.807, 2.05) is 24.3 Å². The Hall–Kier alpha value is -2.33. The molecule has 2 rings (SSSR count). The topological polar surface area (TPSA) is 58.2 Å². The molecule has 0 aliphatic carbocycles. The van der Waals surface area contributed by atoms with Crippen molar-refractivity contribution in [1.82, 2.24) is 5.32 Å². The number of hydrogen-bond donors (Lipinski definition) is 2. The van der Waals surface area contributed by atoms with Crippen molar-refractivity contribution >= 4 is 29.1 Å². The summed E-state index contributed by atoms with van der Waals surface area (Å²) in [5.41, 5.74) is 2.33. The number of nitrogens with one attached hydrogen (secondary N) is 2. The molecule has 0 heterocycles. The molecule has 0 atom stereocenters. The van der Waals surface area contributed by atoms with Gasteiger partial charge in [0.1, 0.15) is 0 Å². The molecule has 2 aromatic rings. The number of halogens is 1. The fraction of sp³-hybridized carbons (Fsp3) is 0.222. The second-order valence-corrected chi connectivity index (χ2v) is 5.95. The minimum Gasteiger partial charge on any atom is -0.343 e. The van der Waals surface area contributed by atoms with E-state index in [4.69, 9.17) is 11.6 Å². The summed E-state index contributed by atoms with van der Waals surface area (Å²) < 4.78 is 0. The van der Waals surface area contributed by atoms with Crippen molar-refractivity contribution in [2.75, 3.05) is 11.9 Å². The molecule has 0 fully saturated rings. The maximum Gasteiger partial charge on any atom is 0.251 e. The first kappa shape index (κ1) is 17.0. The fourth-order valence-corrected chi connectivity index (χ4v) is 2.17. The van der Waals surface area contributed by atoms with Crippen LogP contribution in [0.15, 0.2) is 48.5 Å². The minimum absolute atomic E-state index is 0.0899. The molecule has 0 spiro atoms. The van der Waals surface area contributed by atoms with E-state index in [0.29, 0.717) is 16.5 Å². The van der Waals surface area contributed by atoms with E-state index in [9.17, 15) is 9.59 Å². The highest BCUT2D eigenvalue weighted by Gasteiger charge is 2.09. The summed E-state index contributed by atoms with van der Waals surface area (Å²) in [6.45, 7) is 4.09. The summed E-state index contributed by atoms with van der Waals surface area (Å²) in [5.74, 6) is -0.197. The predicted molar refractivity (Wildman–Crippen MR) is 92.9 cm³/mol. The molecular weight excluding hydrogens is 312 g/mol. The molecule has 0 saturated heterocycles. The molecule has 0 unspecified atom stereocenters. The highest BCUT2D eigenvalue weighted by molar-refractivity contribution is 6.30. The van der Waals surface area contributed by atoms with Gasteiger partial charge in [0, 0.05) is 16.3 Å². The number of carbonyl (C=O) groups is 2. The zero-order valence-corrected chi connectivity index (χ0v) is 13.9. The number of rotatable bonds is 5. The quantitative estimate of drug-likeness (QED) is 0.875. The summed E-state index contributed by atoms with van der Waals surface area (Å²) in [4.78, 5) is 23.9. The van der Waals surface area contributed by atoms with Crippen molar-refractivity contribution in [3.63, 3.8) is 0 Å². The van der Waals surface area contributed by atoms with Crippen molar-refractivity contribution in [3.05, 3.63) is 64.7 Å². The largest absolute Gasteiger partial charge is 0.343 e. The molecule has 23 heavy (non-hydrogen) atoms. The summed E-state index contributed by atoms with van der Waals surface area (Å²) in [5, 5.41) is 5.92. The van der Waals surface area contributed by atoms with Gasteiger partial charge in [-0.25, -0.2) is 0 Å². The van der Waals surface area contributed by atoms with Crippen molar-refractivity contribution in [2.45, 2.75) is 19.8 Å². The molecule has 0 aliphatic rings. The minimum atomic E-state index is -0.312. The Bertz CT molecular complexity index is 696. The summed E-state index contributed by atoms with van der Waals surface area (Å²) >= 11 is 5.77. The second-order valence-electron chi connectivity index (χ2n) is 5.52. The van der Waals surface area contributed by atoms with Crippen LogP contribution in [-0.4, -0.2) is 18.4 Å². The lowest BCUT2D eigenvalue weighted by atomic mass is 10.0.